The van der Waals surface area contributed by atoms with Gasteiger partial charge in [-0.1, -0.05) is 28.4 Å². The van der Waals surface area contributed by atoms with E-state index < -0.39 is 6.10 Å². The number of fused-ring (bicyclic) bond motifs is 3. The van der Waals surface area contributed by atoms with E-state index in [4.69, 9.17) is 33.1 Å². The van der Waals surface area contributed by atoms with Gasteiger partial charge in [-0.05, 0) is 66.2 Å². The first-order chi connectivity index (χ1) is 14.0. The minimum atomic E-state index is -0.723. The molecule has 0 aliphatic heterocycles. The highest BCUT2D eigenvalue weighted by Crippen LogP contribution is 2.33. The van der Waals surface area contributed by atoms with Crippen molar-refractivity contribution >= 4 is 51.2 Å². The molecule has 0 saturated carbocycles. The average molecular weight is 429 g/mol. The largest absolute Gasteiger partial charge is 0.491 e. The molecule has 3 aromatic carbocycles. The Bertz CT molecular complexity index is 1130. The van der Waals surface area contributed by atoms with Gasteiger partial charge in [-0.2, -0.15) is 0 Å². The van der Waals surface area contributed by atoms with Gasteiger partial charge in [0.15, 0.2) is 0 Å². The molecule has 0 spiro atoms. The minimum Gasteiger partial charge on any atom is -0.491 e. The first kappa shape index (κ1) is 19.6. The van der Waals surface area contributed by atoms with Crippen LogP contribution in [0.25, 0.3) is 21.8 Å². The quantitative estimate of drug-likeness (QED) is 0.247. The highest BCUT2D eigenvalue weighted by Gasteiger charge is 2.15. The zero-order valence-corrected chi connectivity index (χ0v) is 16.8. The normalized spacial score (nSPS) is 12.8. The molecule has 148 valence electrons. The highest BCUT2D eigenvalue weighted by atomic mass is 35.5. The van der Waals surface area contributed by atoms with Crippen LogP contribution in [0.2, 0.25) is 10.0 Å². The van der Waals surface area contributed by atoms with Gasteiger partial charge in [0.2, 0.25) is 0 Å². The lowest BCUT2D eigenvalue weighted by Gasteiger charge is -2.15. The van der Waals surface area contributed by atoms with Crippen molar-refractivity contribution in [2.24, 2.45) is 5.16 Å². The van der Waals surface area contributed by atoms with Gasteiger partial charge in [-0.25, -0.2) is 0 Å². The Kier molecular flexibility index (Phi) is 5.62. The number of hydrogen-bond donors (Lipinski definition) is 2. The fourth-order valence-corrected chi connectivity index (χ4v) is 3.76. The SMILES string of the molecule is ON=Cc1ccc(OCC(O)Cn2c3ccc(Cl)cc3c3cc(Cl)ccc32)cc1. The van der Waals surface area contributed by atoms with Gasteiger partial charge >= 0.3 is 0 Å². The summed E-state index contributed by atoms with van der Waals surface area (Å²) in [5, 5.41) is 25.4. The Morgan fingerprint density at radius 1 is 0.931 bits per heavy atom. The molecule has 1 heterocycles. The fourth-order valence-electron chi connectivity index (χ4n) is 3.42. The van der Waals surface area contributed by atoms with E-state index in [1.807, 2.05) is 41.0 Å². The number of aliphatic hydroxyl groups excluding tert-OH is 1. The summed E-state index contributed by atoms with van der Waals surface area (Å²) in [6.07, 6.45) is 0.609. The number of oxime groups is 1. The molecular formula is C22H18Cl2N2O3. The summed E-state index contributed by atoms with van der Waals surface area (Å²) in [4.78, 5) is 0. The highest BCUT2D eigenvalue weighted by molar-refractivity contribution is 6.33. The lowest BCUT2D eigenvalue weighted by atomic mass is 10.1. The molecule has 0 fully saturated rings. The smallest absolute Gasteiger partial charge is 0.119 e. The van der Waals surface area contributed by atoms with Crippen LogP contribution in [0, 0.1) is 0 Å². The lowest BCUT2D eigenvalue weighted by Crippen LogP contribution is -2.23. The van der Waals surface area contributed by atoms with Crippen LogP contribution in [-0.4, -0.2) is 33.8 Å². The van der Waals surface area contributed by atoms with Crippen molar-refractivity contribution in [1.29, 1.82) is 0 Å². The molecular weight excluding hydrogens is 411 g/mol. The van der Waals surface area contributed by atoms with E-state index in [0.717, 1.165) is 27.4 Å². The molecule has 1 atom stereocenters. The van der Waals surface area contributed by atoms with E-state index in [9.17, 15) is 5.11 Å². The van der Waals surface area contributed by atoms with Gasteiger partial charge in [0.05, 0.1) is 12.8 Å². The minimum absolute atomic E-state index is 0.135. The monoisotopic (exact) mass is 428 g/mol. The molecule has 2 N–H and O–H groups in total. The molecule has 0 aliphatic rings. The van der Waals surface area contributed by atoms with Crippen molar-refractivity contribution in [2.45, 2.75) is 12.6 Å². The Labute approximate surface area is 177 Å². The molecule has 7 heteroatoms. The van der Waals surface area contributed by atoms with E-state index in [0.29, 0.717) is 22.3 Å². The maximum atomic E-state index is 10.6. The molecule has 4 rings (SSSR count). The predicted octanol–water partition coefficient (Wildman–Crippen LogP) is 5.35. The molecule has 5 nitrogen and oxygen atoms in total. The number of benzene rings is 3. The summed E-state index contributed by atoms with van der Waals surface area (Å²) in [5.74, 6) is 0.625. The van der Waals surface area contributed by atoms with E-state index in [1.165, 1.54) is 6.21 Å². The molecule has 29 heavy (non-hydrogen) atoms. The average Bonchev–Trinajstić information content (AvgIpc) is 3.00. The topological polar surface area (TPSA) is 67.0 Å². The molecule has 0 aliphatic carbocycles. The number of aromatic nitrogens is 1. The third kappa shape index (κ3) is 4.17. The van der Waals surface area contributed by atoms with E-state index in [1.54, 1.807) is 24.3 Å². The molecule has 0 saturated heterocycles. The van der Waals surface area contributed by atoms with Gasteiger partial charge in [0.1, 0.15) is 18.5 Å². The van der Waals surface area contributed by atoms with Crippen LogP contribution in [-0.2, 0) is 6.54 Å². The molecule has 0 amide bonds. The Morgan fingerprint density at radius 2 is 1.52 bits per heavy atom. The van der Waals surface area contributed by atoms with E-state index in [-0.39, 0.29) is 6.61 Å². The summed E-state index contributed by atoms with van der Waals surface area (Å²) in [6.45, 7) is 0.494. The second-order valence-corrected chi connectivity index (χ2v) is 7.58. The number of ether oxygens (including phenoxy) is 1. The number of nitrogens with zero attached hydrogens (tertiary/aromatic N) is 2. The zero-order valence-electron chi connectivity index (χ0n) is 15.3. The number of halogens is 2. The number of aliphatic hydroxyl groups is 1. The second kappa shape index (κ2) is 8.33. The second-order valence-electron chi connectivity index (χ2n) is 6.71. The zero-order chi connectivity index (χ0) is 20.4. The molecule has 0 radical (unpaired) electrons. The van der Waals surface area contributed by atoms with Crippen molar-refractivity contribution < 1.29 is 15.1 Å². The van der Waals surface area contributed by atoms with Crippen LogP contribution in [0.3, 0.4) is 0 Å². The lowest BCUT2D eigenvalue weighted by molar-refractivity contribution is 0.0945. The number of hydrogen-bond acceptors (Lipinski definition) is 4. The summed E-state index contributed by atoms with van der Waals surface area (Å²) in [5.41, 5.74) is 2.69. The first-order valence-electron chi connectivity index (χ1n) is 9.00. The molecule has 0 bridgehead atoms. The van der Waals surface area contributed by atoms with Crippen molar-refractivity contribution in [3.05, 3.63) is 76.3 Å². The first-order valence-corrected chi connectivity index (χ1v) is 9.76. The third-order valence-electron chi connectivity index (χ3n) is 4.71. The van der Waals surface area contributed by atoms with Gasteiger partial charge in [-0.3, -0.25) is 0 Å². The molecule has 1 aromatic heterocycles. The van der Waals surface area contributed by atoms with Crippen molar-refractivity contribution in [1.82, 2.24) is 4.57 Å². The maximum absolute atomic E-state index is 10.6. The van der Waals surface area contributed by atoms with Gasteiger partial charge in [0.25, 0.3) is 0 Å². The van der Waals surface area contributed by atoms with Crippen molar-refractivity contribution in [2.75, 3.05) is 6.61 Å². The van der Waals surface area contributed by atoms with Gasteiger partial charge in [-0.15, -0.1) is 0 Å². The standard InChI is InChI=1S/C22H18Cl2N2O3/c23-15-3-7-21-19(9-15)20-10-16(24)4-8-22(20)26(21)12-17(27)13-29-18-5-1-14(2-6-18)11-25-28/h1-11,17,27-28H,12-13H2. The van der Waals surface area contributed by atoms with Gasteiger partial charge in [0, 0.05) is 31.9 Å². The molecule has 4 aromatic rings. The molecule has 1 unspecified atom stereocenters. The van der Waals surface area contributed by atoms with E-state index in [2.05, 4.69) is 5.16 Å². The van der Waals surface area contributed by atoms with Crippen molar-refractivity contribution in [3.8, 4) is 5.75 Å². The van der Waals surface area contributed by atoms with Crippen molar-refractivity contribution in [3.63, 3.8) is 0 Å². The van der Waals surface area contributed by atoms with Crippen LogP contribution < -0.4 is 4.74 Å². The number of rotatable bonds is 6. The van der Waals surface area contributed by atoms with E-state index >= 15 is 0 Å². The van der Waals surface area contributed by atoms with Crippen LogP contribution in [0.15, 0.2) is 65.8 Å². The summed E-state index contributed by atoms with van der Waals surface area (Å²) >= 11 is 12.4. The Balaban J connectivity index is 1.56. The summed E-state index contributed by atoms with van der Waals surface area (Å²) in [6, 6.07) is 18.4. The van der Waals surface area contributed by atoms with Crippen LogP contribution >= 0.6 is 23.2 Å². The predicted molar refractivity (Wildman–Crippen MR) is 117 cm³/mol. The Hall–Kier alpha value is -2.73. The van der Waals surface area contributed by atoms with Crippen LogP contribution in [0.1, 0.15) is 5.56 Å². The summed E-state index contributed by atoms with van der Waals surface area (Å²) in [7, 11) is 0. The fraction of sp³-hybridized carbons (Fsp3) is 0.136. The van der Waals surface area contributed by atoms with Crippen LogP contribution in [0.5, 0.6) is 5.75 Å². The Morgan fingerprint density at radius 3 is 2.07 bits per heavy atom. The third-order valence-corrected chi connectivity index (χ3v) is 5.18. The summed E-state index contributed by atoms with van der Waals surface area (Å²) < 4.78 is 7.75. The van der Waals surface area contributed by atoms with Crippen LogP contribution in [0.4, 0.5) is 0 Å². The van der Waals surface area contributed by atoms with Gasteiger partial charge < -0.3 is 19.6 Å². The maximum Gasteiger partial charge on any atom is 0.119 e.